The number of para-hydroxylation sites is 1. The molecule has 110 valence electrons. The molecule has 2 heterocycles. The number of rotatable bonds is 2. The van der Waals surface area contributed by atoms with Crippen LogP contribution in [-0.4, -0.2) is 29.2 Å². The third-order valence-corrected chi connectivity index (χ3v) is 3.94. The standard InChI is InChI=1S/C15H17N3O3/c1-21-15(20)10-6-7-16-13(8-10)18-9-17-12-5-3-2-4-11(12)14(18)19/h2-5,9-10,13,16H,6-8H2,1H3. The number of carbonyl (C=O) groups is 1. The SMILES string of the molecule is COC(=O)C1CCNC(n2cnc3ccccc3c2=O)C1. The van der Waals surface area contributed by atoms with Gasteiger partial charge in [-0.25, -0.2) is 4.98 Å². The van der Waals surface area contributed by atoms with E-state index in [0.717, 1.165) is 6.42 Å². The van der Waals surface area contributed by atoms with Gasteiger partial charge >= 0.3 is 5.97 Å². The van der Waals surface area contributed by atoms with Crippen LogP contribution in [-0.2, 0) is 9.53 Å². The Hall–Kier alpha value is -2.21. The summed E-state index contributed by atoms with van der Waals surface area (Å²) in [6.45, 7) is 0.670. The molecular formula is C15H17N3O3. The third-order valence-electron chi connectivity index (χ3n) is 3.94. The summed E-state index contributed by atoms with van der Waals surface area (Å²) in [6.07, 6.45) is 2.57. The number of piperidine rings is 1. The minimum atomic E-state index is -0.229. The van der Waals surface area contributed by atoms with E-state index < -0.39 is 0 Å². The van der Waals surface area contributed by atoms with Gasteiger partial charge in [-0.2, -0.15) is 0 Å². The number of aromatic nitrogens is 2. The molecule has 21 heavy (non-hydrogen) atoms. The lowest BCUT2D eigenvalue weighted by Crippen LogP contribution is -2.42. The maximum Gasteiger partial charge on any atom is 0.308 e. The predicted octanol–water partition coefficient (Wildman–Crippen LogP) is 1.07. The van der Waals surface area contributed by atoms with E-state index in [1.54, 1.807) is 17.0 Å². The van der Waals surface area contributed by atoms with E-state index in [1.807, 2.05) is 18.2 Å². The van der Waals surface area contributed by atoms with Gasteiger partial charge in [-0.15, -0.1) is 0 Å². The molecule has 1 aliphatic rings. The maximum atomic E-state index is 12.5. The van der Waals surface area contributed by atoms with Gasteiger partial charge in [0, 0.05) is 0 Å². The smallest absolute Gasteiger partial charge is 0.308 e. The second kappa shape index (κ2) is 5.65. The molecular weight excluding hydrogens is 270 g/mol. The monoisotopic (exact) mass is 287 g/mol. The van der Waals surface area contributed by atoms with Crippen molar-refractivity contribution in [1.29, 1.82) is 0 Å². The zero-order valence-corrected chi connectivity index (χ0v) is 11.8. The van der Waals surface area contributed by atoms with Crippen LogP contribution in [0.15, 0.2) is 35.4 Å². The van der Waals surface area contributed by atoms with Crippen molar-refractivity contribution in [1.82, 2.24) is 14.9 Å². The average molecular weight is 287 g/mol. The Morgan fingerprint density at radius 3 is 3.05 bits per heavy atom. The highest BCUT2D eigenvalue weighted by atomic mass is 16.5. The van der Waals surface area contributed by atoms with Gasteiger partial charge < -0.3 is 4.74 Å². The molecule has 1 fully saturated rings. The number of hydrogen-bond donors (Lipinski definition) is 1. The first-order chi connectivity index (χ1) is 10.2. The number of hydrogen-bond acceptors (Lipinski definition) is 5. The van der Waals surface area contributed by atoms with E-state index in [1.165, 1.54) is 7.11 Å². The fourth-order valence-corrected chi connectivity index (χ4v) is 2.79. The van der Waals surface area contributed by atoms with Crippen LogP contribution in [0.3, 0.4) is 0 Å². The summed E-state index contributed by atoms with van der Waals surface area (Å²) in [4.78, 5) is 28.5. The Morgan fingerprint density at radius 2 is 2.24 bits per heavy atom. The topological polar surface area (TPSA) is 73.2 Å². The summed E-state index contributed by atoms with van der Waals surface area (Å²) in [5.74, 6) is -0.400. The van der Waals surface area contributed by atoms with Crippen molar-refractivity contribution < 1.29 is 9.53 Å². The number of nitrogens with zero attached hydrogens (tertiary/aromatic N) is 2. The highest BCUT2D eigenvalue weighted by Crippen LogP contribution is 2.23. The molecule has 1 aromatic carbocycles. The summed E-state index contributed by atoms with van der Waals surface area (Å²) in [5, 5.41) is 3.85. The summed E-state index contributed by atoms with van der Waals surface area (Å²) >= 11 is 0. The van der Waals surface area contributed by atoms with Gasteiger partial charge in [0.2, 0.25) is 0 Å². The van der Waals surface area contributed by atoms with E-state index in [9.17, 15) is 9.59 Å². The number of esters is 1. The van der Waals surface area contributed by atoms with Crippen LogP contribution in [0.5, 0.6) is 0 Å². The Morgan fingerprint density at radius 1 is 1.43 bits per heavy atom. The molecule has 1 N–H and O–H groups in total. The molecule has 1 aromatic heterocycles. The third kappa shape index (κ3) is 2.54. The second-order valence-electron chi connectivity index (χ2n) is 5.19. The Bertz CT molecular complexity index is 725. The normalized spacial score (nSPS) is 22.1. The number of methoxy groups -OCH3 is 1. The average Bonchev–Trinajstić information content (AvgIpc) is 2.55. The molecule has 2 atom stereocenters. The van der Waals surface area contributed by atoms with E-state index in [0.29, 0.717) is 23.9 Å². The van der Waals surface area contributed by atoms with E-state index >= 15 is 0 Å². The Balaban J connectivity index is 1.95. The second-order valence-corrected chi connectivity index (χ2v) is 5.19. The Kier molecular flexibility index (Phi) is 3.70. The van der Waals surface area contributed by atoms with Crippen molar-refractivity contribution >= 4 is 16.9 Å². The molecule has 6 nitrogen and oxygen atoms in total. The number of benzene rings is 1. The molecule has 0 spiro atoms. The maximum absolute atomic E-state index is 12.5. The van der Waals surface area contributed by atoms with Crippen molar-refractivity contribution in [3.05, 3.63) is 40.9 Å². The molecule has 3 rings (SSSR count). The summed E-state index contributed by atoms with van der Waals surface area (Å²) < 4.78 is 6.37. The first-order valence-electron chi connectivity index (χ1n) is 6.98. The lowest BCUT2D eigenvalue weighted by molar-refractivity contribution is -0.147. The van der Waals surface area contributed by atoms with Gasteiger partial charge in [-0.3, -0.25) is 19.5 Å². The molecule has 0 amide bonds. The van der Waals surface area contributed by atoms with Crippen molar-refractivity contribution in [3.63, 3.8) is 0 Å². The number of ether oxygens (including phenoxy) is 1. The largest absolute Gasteiger partial charge is 0.469 e. The number of nitrogens with one attached hydrogen (secondary N) is 1. The van der Waals surface area contributed by atoms with Crippen LogP contribution in [0.25, 0.3) is 10.9 Å². The van der Waals surface area contributed by atoms with Gasteiger partial charge in [-0.1, -0.05) is 12.1 Å². The first kappa shape index (κ1) is 13.8. The van der Waals surface area contributed by atoms with Gasteiger partial charge in [0.15, 0.2) is 0 Å². The minimum Gasteiger partial charge on any atom is -0.469 e. The van der Waals surface area contributed by atoms with Crippen LogP contribution < -0.4 is 10.9 Å². The van der Waals surface area contributed by atoms with Gasteiger partial charge in [-0.05, 0) is 31.5 Å². The van der Waals surface area contributed by atoms with E-state index in [4.69, 9.17) is 4.74 Å². The zero-order valence-electron chi connectivity index (χ0n) is 11.8. The van der Waals surface area contributed by atoms with Crippen molar-refractivity contribution in [2.45, 2.75) is 19.0 Å². The minimum absolute atomic E-state index is 0.0939. The van der Waals surface area contributed by atoms with Crippen LogP contribution in [0.1, 0.15) is 19.0 Å². The lowest BCUT2D eigenvalue weighted by Gasteiger charge is -2.29. The van der Waals surface area contributed by atoms with Crippen LogP contribution in [0.4, 0.5) is 0 Å². The summed E-state index contributed by atoms with van der Waals surface area (Å²) in [5.41, 5.74) is 0.586. The molecule has 0 bridgehead atoms. The molecule has 0 radical (unpaired) electrons. The molecule has 1 aliphatic heterocycles. The quantitative estimate of drug-likeness (QED) is 0.836. The first-order valence-corrected chi connectivity index (χ1v) is 6.98. The van der Waals surface area contributed by atoms with Gasteiger partial charge in [0.1, 0.15) is 0 Å². The molecule has 2 aromatic rings. The van der Waals surface area contributed by atoms with Crippen molar-refractivity contribution in [2.24, 2.45) is 5.92 Å². The molecule has 0 saturated carbocycles. The highest BCUT2D eigenvalue weighted by Gasteiger charge is 2.29. The fraction of sp³-hybridized carbons (Fsp3) is 0.400. The summed E-state index contributed by atoms with van der Waals surface area (Å²) in [7, 11) is 1.39. The zero-order chi connectivity index (χ0) is 14.8. The fourth-order valence-electron chi connectivity index (χ4n) is 2.79. The Labute approximate surface area is 121 Å². The van der Waals surface area contributed by atoms with E-state index in [-0.39, 0.29) is 23.6 Å². The molecule has 1 saturated heterocycles. The lowest BCUT2D eigenvalue weighted by atomic mass is 9.96. The number of carbonyl (C=O) groups excluding carboxylic acids is 1. The highest BCUT2D eigenvalue weighted by molar-refractivity contribution is 5.77. The van der Waals surface area contributed by atoms with Crippen LogP contribution >= 0.6 is 0 Å². The van der Waals surface area contributed by atoms with Crippen molar-refractivity contribution in [3.8, 4) is 0 Å². The van der Waals surface area contributed by atoms with Crippen molar-refractivity contribution in [2.75, 3.05) is 13.7 Å². The molecule has 0 aliphatic carbocycles. The van der Waals surface area contributed by atoms with Crippen LogP contribution in [0, 0.1) is 5.92 Å². The molecule has 2 unspecified atom stereocenters. The number of fused-ring (bicyclic) bond motifs is 1. The summed E-state index contributed by atoms with van der Waals surface area (Å²) in [6, 6.07) is 7.25. The van der Waals surface area contributed by atoms with E-state index in [2.05, 4.69) is 10.3 Å². The van der Waals surface area contributed by atoms with Crippen LogP contribution in [0.2, 0.25) is 0 Å². The van der Waals surface area contributed by atoms with Gasteiger partial charge in [0.25, 0.3) is 5.56 Å². The predicted molar refractivity (Wildman–Crippen MR) is 77.8 cm³/mol. The molecule has 6 heteroatoms. The van der Waals surface area contributed by atoms with Gasteiger partial charge in [0.05, 0.1) is 36.4 Å².